The van der Waals surface area contributed by atoms with Crippen LogP contribution in [0.3, 0.4) is 0 Å². The van der Waals surface area contributed by atoms with Gasteiger partial charge in [0, 0.05) is 30.3 Å². The first kappa shape index (κ1) is 34.1. The molecular weight excluding hydrogens is 508 g/mol. The van der Waals surface area contributed by atoms with E-state index in [1.807, 2.05) is 0 Å². The summed E-state index contributed by atoms with van der Waals surface area (Å²) in [6.07, 6.45) is 29.8. The molecule has 1 aromatic heterocycles. The third-order valence-corrected chi connectivity index (χ3v) is 9.52. The van der Waals surface area contributed by atoms with Crippen LogP contribution >= 0.6 is 0 Å². The molecule has 0 aliphatic carbocycles. The molecule has 2 heteroatoms. The van der Waals surface area contributed by atoms with Gasteiger partial charge in [0.2, 0.25) is 0 Å². The van der Waals surface area contributed by atoms with Crippen molar-refractivity contribution in [2.75, 3.05) is 0 Å². The molecule has 0 aliphatic heterocycles. The smallest absolute Gasteiger partial charge is 0.112 e. The van der Waals surface area contributed by atoms with E-state index >= 15 is 0 Å². The summed E-state index contributed by atoms with van der Waals surface area (Å²) < 4.78 is 2.52. The van der Waals surface area contributed by atoms with E-state index in [0.717, 1.165) is 13.0 Å². The molecule has 2 nitrogen and oxygen atoms in total. The number of aryl methyl sites for hydroxylation is 1. The summed E-state index contributed by atoms with van der Waals surface area (Å²) in [6, 6.07) is 22.5. The average Bonchev–Trinajstić information content (AvgIpc) is 3.48. The third kappa shape index (κ3) is 11.7. The van der Waals surface area contributed by atoms with E-state index < -0.39 is 0 Å². The Kier molecular flexibility index (Phi) is 16.7. The Hall–Kier alpha value is -2.35. The van der Waals surface area contributed by atoms with E-state index in [4.69, 9.17) is 4.98 Å². The van der Waals surface area contributed by atoms with Crippen LogP contribution in [0.2, 0.25) is 0 Å². The van der Waals surface area contributed by atoms with Gasteiger partial charge in [-0.15, -0.1) is 0 Å². The second kappa shape index (κ2) is 20.5. The summed E-state index contributed by atoms with van der Waals surface area (Å²) in [4.78, 5) is 5.12. The molecule has 2 atom stereocenters. The van der Waals surface area contributed by atoms with Gasteiger partial charge in [-0.3, -0.25) is 0 Å². The highest BCUT2D eigenvalue weighted by molar-refractivity contribution is 5.33. The van der Waals surface area contributed by atoms with Crippen molar-refractivity contribution in [2.24, 2.45) is 0 Å². The fraction of sp³-hybridized carbons (Fsp3) is 0.625. The van der Waals surface area contributed by atoms with Gasteiger partial charge in [-0.05, 0) is 30.4 Å². The van der Waals surface area contributed by atoms with Crippen molar-refractivity contribution in [3.05, 3.63) is 90.0 Å². The second-order valence-electron chi connectivity index (χ2n) is 13.1. The zero-order valence-electron chi connectivity index (χ0n) is 27.5. The van der Waals surface area contributed by atoms with Gasteiger partial charge in [0.25, 0.3) is 0 Å². The molecule has 0 radical (unpaired) electrons. The lowest BCUT2D eigenvalue weighted by molar-refractivity contribution is 0.321. The summed E-state index contributed by atoms with van der Waals surface area (Å²) in [7, 11) is 0. The molecule has 0 fully saturated rings. The first-order valence-electron chi connectivity index (χ1n) is 17.8. The van der Waals surface area contributed by atoms with Crippen molar-refractivity contribution >= 4 is 0 Å². The number of unbranched alkanes of at least 4 members (excludes halogenated alkanes) is 15. The SMILES string of the molecule is CCCCCCCCCCCCn1ccnc1C(CCCCCCCCC)C(C)(Cc1ccccc1)c1ccccc1. The lowest BCUT2D eigenvalue weighted by Gasteiger charge is -2.39. The molecule has 0 amide bonds. The fourth-order valence-corrected chi connectivity index (χ4v) is 6.89. The maximum Gasteiger partial charge on any atom is 0.112 e. The maximum absolute atomic E-state index is 5.12. The zero-order valence-corrected chi connectivity index (χ0v) is 27.5. The molecule has 0 N–H and O–H groups in total. The van der Waals surface area contributed by atoms with Crippen LogP contribution in [0.25, 0.3) is 0 Å². The molecular formula is C40H62N2. The predicted molar refractivity (Wildman–Crippen MR) is 183 cm³/mol. The van der Waals surface area contributed by atoms with Crippen LogP contribution in [-0.4, -0.2) is 9.55 Å². The minimum Gasteiger partial charge on any atom is -0.335 e. The summed E-state index contributed by atoms with van der Waals surface area (Å²) in [5.41, 5.74) is 2.84. The summed E-state index contributed by atoms with van der Waals surface area (Å²) in [5.74, 6) is 1.69. The molecule has 42 heavy (non-hydrogen) atoms. The topological polar surface area (TPSA) is 17.8 Å². The van der Waals surface area contributed by atoms with Gasteiger partial charge in [-0.1, -0.05) is 184 Å². The largest absolute Gasteiger partial charge is 0.335 e. The van der Waals surface area contributed by atoms with Gasteiger partial charge in [0.05, 0.1) is 0 Å². The highest BCUT2D eigenvalue weighted by Crippen LogP contribution is 2.44. The van der Waals surface area contributed by atoms with Crippen LogP contribution in [0.15, 0.2) is 73.1 Å². The van der Waals surface area contributed by atoms with Crippen molar-refractivity contribution in [3.63, 3.8) is 0 Å². The van der Waals surface area contributed by atoms with Gasteiger partial charge in [-0.25, -0.2) is 4.98 Å². The molecule has 2 unspecified atom stereocenters. The van der Waals surface area contributed by atoms with Crippen molar-refractivity contribution in [2.45, 2.75) is 161 Å². The molecule has 0 aliphatic rings. The van der Waals surface area contributed by atoms with E-state index in [9.17, 15) is 0 Å². The number of hydrogen-bond donors (Lipinski definition) is 0. The number of rotatable bonds is 24. The zero-order chi connectivity index (χ0) is 29.7. The molecule has 0 spiro atoms. The Labute approximate surface area is 259 Å². The van der Waals surface area contributed by atoms with E-state index in [1.165, 1.54) is 133 Å². The Balaban J connectivity index is 1.71. The normalized spacial score (nSPS) is 13.7. The van der Waals surface area contributed by atoms with E-state index in [1.54, 1.807) is 0 Å². The van der Waals surface area contributed by atoms with E-state index in [-0.39, 0.29) is 5.41 Å². The molecule has 0 bridgehead atoms. The minimum absolute atomic E-state index is 0.0221. The first-order valence-corrected chi connectivity index (χ1v) is 17.8. The Morgan fingerprint density at radius 3 is 1.69 bits per heavy atom. The number of hydrogen-bond acceptors (Lipinski definition) is 1. The standard InChI is InChI=1S/C40H62N2/c1-4-6-8-10-12-13-14-16-18-26-33-42-34-32-41-39(42)38(31-25-17-15-11-9-7-5-2)40(3,37-29-23-20-24-30-37)35-36-27-21-19-22-28-36/h19-24,27-30,32,34,38H,4-18,25-26,31,33,35H2,1-3H3. The van der Waals surface area contributed by atoms with Crippen LogP contribution in [0.5, 0.6) is 0 Å². The van der Waals surface area contributed by atoms with Crippen molar-refractivity contribution < 1.29 is 0 Å². The number of imidazole rings is 1. The van der Waals surface area contributed by atoms with Crippen molar-refractivity contribution in [1.29, 1.82) is 0 Å². The van der Waals surface area contributed by atoms with E-state index in [0.29, 0.717) is 5.92 Å². The Morgan fingerprint density at radius 2 is 1.12 bits per heavy atom. The summed E-state index contributed by atoms with van der Waals surface area (Å²) >= 11 is 0. The molecule has 1 heterocycles. The summed E-state index contributed by atoms with van der Waals surface area (Å²) in [5, 5.41) is 0. The van der Waals surface area contributed by atoms with Gasteiger partial charge >= 0.3 is 0 Å². The fourth-order valence-electron chi connectivity index (χ4n) is 6.89. The molecule has 3 rings (SSSR count). The van der Waals surface area contributed by atoms with Crippen molar-refractivity contribution in [1.82, 2.24) is 9.55 Å². The minimum atomic E-state index is -0.0221. The quantitative estimate of drug-likeness (QED) is 0.0979. The monoisotopic (exact) mass is 570 g/mol. The second-order valence-corrected chi connectivity index (χ2v) is 13.1. The van der Waals surface area contributed by atoms with Gasteiger partial charge in [0.15, 0.2) is 0 Å². The first-order chi connectivity index (χ1) is 20.7. The predicted octanol–water partition coefficient (Wildman–Crippen LogP) is 12.2. The van der Waals surface area contributed by atoms with Gasteiger partial charge in [0.1, 0.15) is 5.82 Å². The van der Waals surface area contributed by atoms with Crippen LogP contribution in [0, 0.1) is 0 Å². The third-order valence-electron chi connectivity index (χ3n) is 9.52. The highest BCUT2D eigenvalue weighted by atomic mass is 15.1. The highest BCUT2D eigenvalue weighted by Gasteiger charge is 2.39. The number of aromatic nitrogens is 2. The van der Waals surface area contributed by atoms with Crippen LogP contribution in [0.1, 0.15) is 159 Å². The average molecular weight is 571 g/mol. The lowest BCUT2D eigenvalue weighted by atomic mass is 9.66. The molecule has 0 saturated carbocycles. The maximum atomic E-state index is 5.12. The van der Waals surface area contributed by atoms with Crippen LogP contribution in [0.4, 0.5) is 0 Å². The number of nitrogens with zero attached hydrogens (tertiary/aromatic N) is 2. The molecule has 232 valence electrons. The van der Waals surface area contributed by atoms with Gasteiger partial charge in [-0.2, -0.15) is 0 Å². The molecule has 2 aromatic carbocycles. The molecule has 0 saturated heterocycles. The number of benzene rings is 2. The Bertz CT molecular complexity index is 1040. The molecule has 3 aromatic rings. The lowest BCUT2D eigenvalue weighted by Crippen LogP contribution is -2.35. The van der Waals surface area contributed by atoms with Crippen LogP contribution in [-0.2, 0) is 18.4 Å². The van der Waals surface area contributed by atoms with E-state index in [2.05, 4.69) is 98.4 Å². The van der Waals surface area contributed by atoms with Gasteiger partial charge < -0.3 is 4.57 Å². The summed E-state index contributed by atoms with van der Waals surface area (Å²) in [6.45, 7) is 8.21. The Morgan fingerprint density at radius 1 is 0.619 bits per heavy atom. The van der Waals surface area contributed by atoms with Crippen molar-refractivity contribution in [3.8, 4) is 0 Å². The van der Waals surface area contributed by atoms with Crippen LogP contribution < -0.4 is 0 Å².